The molecule has 0 aliphatic carbocycles. The molecule has 0 spiro atoms. The van der Waals surface area contributed by atoms with Crippen molar-refractivity contribution >= 4 is 29.2 Å². The molecule has 0 atom stereocenters. The van der Waals surface area contributed by atoms with Gasteiger partial charge in [0, 0.05) is 24.2 Å². The quantitative estimate of drug-likeness (QED) is 0.574. The second kappa shape index (κ2) is 10.3. The average Bonchev–Trinajstić information content (AvgIpc) is 2.66. The normalized spacial score (nSPS) is 10.6. The van der Waals surface area contributed by atoms with Crippen molar-refractivity contribution in [2.45, 2.75) is 40.3 Å². The number of rotatable bonds is 7. The Bertz CT molecular complexity index is 861. The fourth-order valence-corrected chi connectivity index (χ4v) is 2.48. The van der Waals surface area contributed by atoms with Crippen molar-refractivity contribution in [3.63, 3.8) is 0 Å². The largest absolute Gasteiger partial charge is 0.348 e. The van der Waals surface area contributed by atoms with Crippen LogP contribution in [0.4, 0.5) is 16.2 Å². The minimum atomic E-state index is -0.362. The van der Waals surface area contributed by atoms with Gasteiger partial charge in [-0.1, -0.05) is 38.1 Å². The number of hydrogen-bond donors (Lipinski definition) is 4. The topological polar surface area (TPSA) is 99.3 Å². The molecule has 154 valence electrons. The Labute approximate surface area is 171 Å². The predicted octanol–water partition coefficient (Wildman–Crippen LogP) is 3.74. The smallest absolute Gasteiger partial charge is 0.319 e. The maximum atomic E-state index is 12.6. The second-order valence-electron chi connectivity index (χ2n) is 7.32. The number of carbonyl (C=O) groups is 3. The first-order valence-corrected chi connectivity index (χ1v) is 9.60. The third-order valence-electron chi connectivity index (χ3n) is 4.04. The molecule has 0 saturated carbocycles. The van der Waals surface area contributed by atoms with Crippen LogP contribution >= 0.6 is 0 Å². The molecule has 7 heteroatoms. The predicted molar refractivity (Wildman–Crippen MR) is 115 cm³/mol. The van der Waals surface area contributed by atoms with Gasteiger partial charge in [-0.2, -0.15) is 0 Å². The number of hydrogen-bond acceptors (Lipinski definition) is 3. The van der Waals surface area contributed by atoms with Crippen LogP contribution in [0.25, 0.3) is 0 Å². The number of nitrogens with one attached hydrogen (secondary N) is 4. The zero-order valence-electron chi connectivity index (χ0n) is 17.2. The zero-order chi connectivity index (χ0) is 21.4. The molecule has 0 saturated heterocycles. The second-order valence-corrected chi connectivity index (χ2v) is 7.32. The SMILES string of the molecule is CC(C)NC(=O)Nc1ccccc1C(=O)NCc1ccc(NC(=O)C(C)C)cc1. The van der Waals surface area contributed by atoms with E-state index in [1.54, 1.807) is 36.4 Å². The molecule has 0 fully saturated rings. The summed E-state index contributed by atoms with van der Waals surface area (Å²) in [5.41, 5.74) is 2.43. The molecule has 2 aromatic carbocycles. The molecule has 7 nitrogen and oxygen atoms in total. The summed E-state index contributed by atoms with van der Waals surface area (Å²) in [6, 6.07) is 13.8. The van der Waals surface area contributed by atoms with Gasteiger partial charge in [-0.25, -0.2) is 4.79 Å². The summed E-state index contributed by atoms with van der Waals surface area (Å²) in [4.78, 5) is 36.3. The summed E-state index contributed by atoms with van der Waals surface area (Å²) in [7, 11) is 0. The van der Waals surface area contributed by atoms with E-state index in [-0.39, 0.29) is 29.8 Å². The molecule has 0 heterocycles. The van der Waals surface area contributed by atoms with Crippen molar-refractivity contribution in [1.29, 1.82) is 0 Å². The Morgan fingerprint density at radius 3 is 2.14 bits per heavy atom. The van der Waals surface area contributed by atoms with E-state index in [0.717, 1.165) is 5.56 Å². The van der Waals surface area contributed by atoms with Gasteiger partial charge < -0.3 is 21.3 Å². The van der Waals surface area contributed by atoms with E-state index in [9.17, 15) is 14.4 Å². The first kappa shape index (κ1) is 21.9. The average molecular weight is 396 g/mol. The van der Waals surface area contributed by atoms with Crippen molar-refractivity contribution in [1.82, 2.24) is 10.6 Å². The van der Waals surface area contributed by atoms with Crippen LogP contribution in [0.3, 0.4) is 0 Å². The van der Waals surface area contributed by atoms with Crippen LogP contribution < -0.4 is 21.3 Å². The Morgan fingerprint density at radius 1 is 0.862 bits per heavy atom. The summed E-state index contributed by atoms with van der Waals surface area (Å²) in [5.74, 6) is -0.426. The third-order valence-corrected chi connectivity index (χ3v) is 4.04. The molecule has 0 radical (unpaired) electrons. The highest BCUT2D eigenvalue weighted by atomic mass is 16.2. The van der Waals surface area contributed by atoms with Crippen LogP contribution in [0.1, 0.15) is 43.6 Å². The number of anilines is 2. The third kappa shape index (κ3) is 6.95. The monoisotopic (exact) mass is 396 g/mol. The number of para-hydroxylation sites is 1. The minimum absolute atomic E-state index is 0.00992. The lowest BCUT2D eigenvalue weighted by Gasteiger charge is -2.14. The lowest BCUT2D eigenvalue weighted by molar-refractivity contribution is -0.118. The minimum Gasteiger partial charge on any atom is -0.348 e. The molecular formula is C22H28N4O3. The molecule has 4 amide bonds. The molecule has 0 unspecified atom stereocenters. The van der Waals surface area contributed by atoms with Gasteiger partial charge >= 0.3 is 6.03 Å². The molecule has 29 heavy (non-hydrogen) atoms. The Balaban J connectivity index is 1.97. The van der Waals surface area contributed by atoms with Crippen molar-refractivity contribution < 1.29 is 14.4 Å². The molecule has 0 bridgehead atoms. The lowest BCUT2D eigenvalue weighted by Crippen LogP contribution is -2.35. The van der Waals surface area contributed by atoms with Crippen LogP contribution in [0.5, 0.6) is 0 Å². The van der Waals surface area contributed by atoms with E-state index >= 15 is 0 Å². The molecule has 2 rings (SSSR count). The maximum absolute atomic E-state index is 12.6. The van der Waals surface area contributed by atoms with Gasteiger partial charge in [0.2, 0.25) is 5.91 Å². The summed E-state index contributed by atoms with van der Waals surface area (Å²) < 4.78 is 0. The molecule has 0 aliphatic rings. The van der Waals surface area contributed by atoms with Gasteiger partial charge in [-0.05, 0) is 43.7 Å². The standard InChI is InChI=1S/C22H28N4O3/c1-14(2)20(27)25-17-11-9-16(10-12-17)13-23-21(28)18-7-5-6-8-19(18)26-22(29)24-15(3)4/h5-12,14-15H,13H2,1-4H3,(H,23,28)(H,25,27)(H2,24,26,29). The lowest BCUT2D eigenvalue weighted by atomic mass is 10.1. The van der Waals surface area contributed by atoms with Gasteiger partial charge in [-0.3, -0.25) is 9.59 Å². The number of carbonyl (C=O) groups excluding carboxylic acids is 3. The number of urea groups is 1. The van der Waals surface area contributed by atoms with Gasteiger partial charge in [0.1, 0.15) is 0 Å². The van der Waals surface area contributed by atoms with Gasteiger partial charge in [0.15, 0.2) is 0 Å². The van der Waals surface area contributed by atoms with Crippen LogP contribution in [0.15, 0.2) is 48.5 Å². The first-order chi connectivity index (χ1) is 13.8. The van der Waals surface area contributed by atoms with Crippen molar-refractivity contribution in [2.24, 2.45) is 5.92 Å². The van der Waals surface area contributed by atoms with Crippen LogP contribution in [-0.2, 0) is 11.3 Å². The molecule has 2 aromatic rings. The van der Waals surface area contributed by atoms with Gasteiger partial charge in [0.25, 0.3) is 5.91 Å². The van der Waals surface area contributed by atoms with Crippen LogP contribution in [-0.4, -0.2) is 23.9 Å². The molecule has 4 N–H and O–H groups in total. The zero-order valence-corrected chi connectivity index (χ0v) is 17.2. The number of amides is 4. The Morgan fingerprint density at radius 2 is 1.52 bits per heavy atom. The van der Waals surface area contributed by atoms with Gasteiger partial charge in [-0.15, -0.1) is 0 Å². The molecule has 0 aromatic heterocycles. The highest BCUT2D eigenvalue weighted by Gasteiger charge is 2.13. The van der Waals surface area contributed by atoms with E-state index in [4.69, 9.17) is 0 Å². The fraction of sp³-hybridized carbons (Fsp3) is 0.318. The summed E-state index contributed by atoms with van der Waals surface area (Å²) in [5, 5.41) is 11.1. The van der Waals surface area contributed by atoms with E-state index in [1.165, 1.54) is 0 Å². The van der Waals surface area contributed by atoms with Crippen LogP contribution in [0.2, 0.25) is 0 Å². The first-order valence-electron chi connectivity index (χ1n) is 9.60. The fourth-order valence-electron chi connectivity index (χ4n) is 2.48. The van der Waals surface area contributed by atoms with Crippen LogP contribution in [0, 0.1) is 5.92 Å². The van der Waals surface area contributed by atoms with E-state index in [2.05, 4.69) is 21.3 Å². The maximum Gasteiger partial charge on any atom is 0.319 e. The van der Waals surface area contributed by atoms with Gasteiger partial charge in [0.05, 0.1) is 11.3 Å². The van der Waals surface area contributed by atoms with Crippen molar-refractivity contribution in [2.75, 3.05) is 10.6 Å². The molecule has 0 aliphatic heterocycles. The highest BCUT2D eigenvalue weighted by Crippen LogP contribution is 2.16. The summed E-state index contributed by atoms with van der Waals surface area (Å²) >= 11 is 0. The summed E-state index contributed by atoms with van der Waals surface area (Å²) in [6.07, 6.45) is 0. The molecular weight excluding hydrogens is 368 g/mol. The van der Waals surface area contributed by atoms with Crippen molar-refractivity contribution in [3.05, 3.63) is 59.7 Å². The van der Waals surface area contributed by atoms with E-state index < -0.39 is 0 Å². The van der Waals surface area contributed by atoms with Crippen molar-refractivity contribution in [3.8, 4) is 0 Å². The number of benzene rings is 2. The Hall–Kier alpha value is -3.35. The summed E-state index contributed by atoms with van der Waals surface area (Å²) in [6.45, 7) is 7.70. The van der Waals surface area contributed by atoms with E-state index in [1.807, 2.05) is 39.8 Å². The van der Waals surface area contributed by atoms with E-state index in [0.29, 0.717) is 23.5 Å². The highest BCUT2D eigenvalue weighted by molar-refractivity contribution is 6.03. The Kier molecular flexibility index (Phi) is 7.77.